The highest BCUT2D eigenvalue weighted by atomic mass is 19.1. The number of aromatic hydroxyl groups is 1. The molecule has 0 spiro atoms. The number of primary amides is 1. The summed E-state index contributed by atoms with van der Waals surface area (Å²) in [6, 6.07) is 12.8. The highest BCUT2D eigenvalue weighted by Crippen LogP contribution is 2.34. The average molecular weight is 259 g/mol. The standard InChI is InChI=1S/C15H14FNO2/c16-11-6-7-14(18)13(8-11)12(9-15(17)19)10-4-2-1-3-5-10/h1-8,12,18H,9H2,(H2,17,19)/t12-/m0/s1. The molecule has 0 bridgehead atoms. The van der Waals surface area contributed by atoms with E-state index < -0.39 is 17.6 Å². The maximum absolute atomic E-state index is 13.3. The van der Waals surface area contributed by atoms with Crippen LogP contribution in [0.15, 0.2) is 48.5 Å². The first kappa shape index (κ1) is 13.1. The first-order valence-electron chi connectivity index (χ1n) is 5.89. The predicted molar refractivity (Wildman–Crippen MR) is 70.2 cm³/mol. The average Bonchev–Trinajstić information content (AvgIpc) is 2.40. The topological polar surface area (TPSA) is 63.3 Å². The number of amides is 1. The van der Waals surface area contributed by atoms with Crippen LogP contribution in [0.3, 0.4) is 0 Å². The second-order valence-electron chi connectivity index (χ2n) is 4.34. The van der Waals surface area contributed by atoms with Gasteiger partial charge in [-0.1, -0.05) is 30.3 Å². The molecule has 19 heavy (non-hydrogen) atoms. The molecule has 3 N–H and O–H groups in total. The summed E-state index contributed by atoms with van der Waals surface area (Å²) >= 11 is 0. The molecular weight excluding hydrogens is 245 g/mol. The number of halogens is 1. The van der Waals surface area contributed by atoms with Gasteiger partial charge in [0.15, 0.2) is 0 Å². The summed E-state index contributed by atoms with van der Waals surface area (Å²) in [5.74, 6) is -1.46. The Morgan fingerprint density at radius 1 is 1.21 bits per heavy atom. The smallest absolute Gasteiger partial charge is 0.218 e. The summed E-state index contributed by atoms with van der Waals surface area (Å²) in [4.78, 5) is 11.2. The van der Waals surface area contributed by atoms with Crippen molar-refractivity contribution in [2.75, 3.05) is 0 Å². The van der Waals surface area contributed by atoms with Crippen LogP contribution in [0.2, 0.25) is 0 Å². The van der Waals surface area contributed by atoms with Crippen molar-refractivity contribution in [1.29, 1.82) is 0 Å². The number of carbonyl (C=O) groups excluding carboxylic acids is 1. The van der Waals surface area contributed by atoms with Crippen LogP contribution < -0.4 is 5.73 Å². The third-order valence-electron chi connectivity index (χ3n) is 2.97. The summed E-state index contributed by atoms with van der Waals surface area (Å²) in [5.41, 5.74) is 6.42. The van der Waals surface area contributed by atoms with Gasteiger partial charge in [0, 0.05) is 17.9 Å². The first-order valence-corrected chi connectivity index (χ1v) is 5.89. The van der Waals surface area contributed by atoms with Crippen LogP contribution >= 0.6 is 0 Å². The molecule has 0 unspecified atom stereocenters. The van der Waals surface area contributed by atoms with Crippen LogP contribution in [0.25, 0.3) is 0 Å². The molecule has 0 radical (unpaired) electrons. The fraction of sp³-hybridized carbons (Fsp3) is 0.133. The Kier molecular flexibility index (Phi) is 3.80. The summed E-state index contributed by atoms with van der Waals surface area (Å²) in [6.07, 6.45) is 0.0149. The fourth-order valence-electron chi connectivity index (χ4n) is 2.10. The zero-order valence-corrected chi connectivity index (χ0v) is 10.2. The van der Waals surface area contributed by atoms with Gasteiger partial charge in [0.1, 0.15) is 11.6 Å². The van der Waals surface area contributed by atoms with E-state index in [4.69, 9.17) is 5.73 Å². The van der Waals surface area contributed by atoms with Crippen LogP contribution in [0.4, 0.5) is 4.39 Å². The Hall–Kier alpha value is -2.36. The van der Waals surface area contributed by atoms with Crippen LogP contribution in [-0.4, -0.2) is 11.0 Å². The van der Waals surface area contributed by atoms with E-state index in [-0.39, 0.29) is 12.2 Å². The van der Waals surface area contributed by atoms with Crippen molar-refractivity contribution in [3.8, 4) is 5.75 Å². The Balaban J connectivity index is 2.48. The van der Waals surface area contributed by atoms with Crippen molar-refractivity contribution in [2.45, 2.75) is 12.3 Å². The molecule has 0 aliphatic rings. The minimum atomic E-state index is -0.502. The van der Waals surface area contributed by atoms with Crippen molar-refractivity contribution >= 4 is 5.91 Å². The monoisotopic (exact) mass is 259 g/mol. The minimum Gasteiger partial charge on any atom is -0.508 e. The molecule has 2 aromatic rings. The summed E-state index contributed by atoms with van der Waals surface area (Å²) in [5, 5.41) is 9.86. The molecule has 0 aromatic heterocycles. The van der Waals surface area contributed by atoms with E-state index in [1.54, 1.807) is 0 Å². The number of phenols is 1. The molecule has 4 heteroatoms. The molecule has 98 valence electrons. The van der Waals surface area contributed by atoms with Crippen molar-refractivity contribution in [1.82, 2.24) is 0 Å². The van der Waals surface area contributed by atoms with Gasteiger partial charge >= 0.3 is 0 Å². The lowest BCUT2D eigenvalue weighted by Crippen LogP contribution is -2.16. The van der Waals surface area contributed by atoms with E-state index in [9.17, 15) is 14.3 Å². The van der Waals surface area contributed by atoms with Crippen LogP contribution in [0, 0.1) is 5.82 Å². The number of hydrogen-bond acceptors (Lipinski definition) is 2. The molecule has 0 fully saturated rings. The van der Waals surface area contributed by atoms with Crippen LogP contribution in [0.5, 0.6) is 5.75 Å². The van der Waals surface area contributed by atoms with E-state index >= 15 is 0 Å². The molecule has 3 nitrogen and oxygen atoms in total. The van der Waals surface area contributed by atoms with E-state index in [0.29, 0.717) is 5.56 Å². The normalized spacial score (nSPS) is 12.1. The third-order valence-corrected chi connectivity index (χ3v) is 2.97. The van der Waals surface area contributed by atoms with Crippen molar-refractivity contribution in [3.63, 3.8) is 0 Å². The van der Waals surface area contributed by atoms with Crippen molar-refractivity contribution in [2.24, 2.45) is 5.73 Å². The van der Waals surface area contributed by atoms with E-state index in [2.05, 4.69) is 0 Å². The maximum Gasteiger partial charge on any atom is 0.218 e. The van der Waals surface area contributed by atoms with Gasteiger partial charge in [-0.2, -0.15) is 0 Å². The van der Waals surface area contributed by atoms with E-state index in [0.717, 1.165) is 5.56 Å². The minimum absolute atomic E-state index is 0.0149. The van der Waals surface area contributed by atoms with Crippen LogP contribution in [0.1, 0.15) is 23.5 Å². The summed E-state index contributed by atoms with van der Waals surface area (Å²) < 4.78 is 13.3. The molecule has 2 aromatic carbocycles. The summed E-state index contributed by atoms with van der Waals surface area (Å²) in [6.45, 7) is 0. The molecule has 0 heterocycles. The van der Waals surface area contributed by atoms with Gasteiger partial charge in [-0.25, -0.2) is 4.39 Å². The van der Waals surface area contributed by atoms with Gasteiger partial charge in [-0.15, -0.1) is 0 Å². The predicted octanol–water partition coefficient (Wildman–Crippen LogP) is 2.54. The molecule has 0 aliphatic heterocycles. The molecule has 0 saturated carbocycles. The Morgan fingerprint density at radius 2 is 1.89 bits per heavy atom. The van der Waals surface area contributed by atoms with Gasteiger partial charge in [-0.05, 0) is 23.8 Å². The number of carbonyl (C=O) groups is 1. The van der Waals surface area contributed by atoms with E-state index in [1.807, 2.05) is 30.3 Å². The highest BCUT2D eigenvalue weighted by molar-refractivity contribution is 5.75. The fourth-order valence-corrected chi connectivity index (χ4v) is 2.10. The quantitative estimate of drug-likeness (QED) is 0.886. The molecule has 1 amide bonds. The largest absolute Gasteiger partial charge is 0.508 e. The molecule has 1 atom stereocenters. The zero-order valence-electron chi connectivity index (χ0n) is 10.2. The van der Waals surface area contributed by atoms with Gasteiger partial charge in [0.25, 0.3) is 0 Å². The lowest BCUT2D eigenvalue weighted by atomic mass is 9.87. The second-order valence-corrected chi connectivity index (χ2v) is 4.34. The number of hydrogen-bond donors (Lipinski definition) is 2. The molecule has 0 saturated heterocycles. The Labute approximate surface area is 110 Å². The molecule has 2 rings (SSSR count). The van der Waals surface area contributed by atoms with Crippen LogP contribution in [-0.2, 0) is 4.79 Å². The number of benzene rings is 2. The zero-order chi connectivity index (χ0) is 13.8. The van der Waals surface area contributed by atoms with Gasteiger partial charge < -0.3 is 10.8 Å². The van der Waals surface area contributed by atoms with Gasteiger partial charge in [0.2, 0.25) is 5.91 Å². The molecule has 0 aliphatic carbocycles. The maximum atomic E-state index is 13.3. The Bertz CT molecular complexity index is 584. The van der Waals surface area contributed by atoms with E-state index in [1.165, 1.54) is 18.2 Å². The second kappa shape index (κ2) is 5.52. The SMILES string of the molecule is NC(=O)C[C@@H](c1ccccc1)c1cc(F)ccc1O. The number of nitrogens with two attached hydrogens (primary N) is 1. The lowest BCUT2D eigenvalue weighted by Gasteiger charge is -2.17. The first-order chi connectivity index (χ1) is 9.08. The number of phenolic OH excluding ortho intramolecular Hbond substituents is 1. The van der Waals surface area contributed by atoms with Crippen molar-refractivity contribution < 1.29 is 14.3 Å². The number of rotatable bonds is 4. The third kappa shape index (κ3) is 3.10. The molecular formula is C15H14FNO2. The van der Waals surface area contributed by atoms with Crippen molar-refractivity contribution in [3.05, 3.63) is 65.5 Å². The summed E-state index contributed by atoms with van der Waals surface area (Å²) in [7, 11) is 0. The van der Waals surface area contributed by atoms with Gasteiger partial charge in [0.05, 0.1) is 0 Å². The highest BCUT2D eigenvalue weighted by Gasteiger charge is 2.20. The lowest BCUT2D eigenvalue weighted by molar-refractivity contribution is -0.118. The Morgan fingerprint density at radius 3 is 2.53 bits per heavy atom. The van der Waals surface area contributed by atoms with Gasteiger partial charge in [-0.3, -0.25) is 4.79 Å².